The zero-order valence-electron chi connectivity index (χ0n) is 7.86. The molecule has 0 amide bonds. The van der Waals surface area contributed by atoms with E-state index in [4.69, 9.17) is 5.73 Å². The molecule has 11 heavy (non-hydrogen) atoms. The highest BCUT2D eigenvalue weighted by Gasteiger charge is 2.06. The van der Waals surface area contributed by atoms with Crippen molar-refractivity contribution in [3.63, 3.8) is 0 Å². The maximum atomic E-state index is 5.64. The molecule has 0 unspecified atom stereocenters. The standard InChI is InChI=1S/C9H18N2/c1-6(2)7(3)9(11-5)8(4)10/h6,11H,3,10H2,1-2,4-5H3/b9-8-. The highest BCUT2D eigenvalue weighted by Crippen LogP contribution is 2.15. The second kappa shape index (κ2) is 4.06. The van der Waals surface area contributed by atoms with Gasteiger partial charge in [-0.15, -0.1) is 0 Å². The minimum absolute atomic E-state index is 0.441. The van der Waals surface area contributed by atoms with E-state index >= 15 is 0 Å². The largest absolute Gasteiger partial charge is 0.401 e. The van der Waals surface area contributed by atoms with Crippen LogP contribution in [0.4, 0.5) is 0 Å². The number of rotatable bonds is 3. The molecule has 64 valence electrons. The molecule has 3 N–H and O–H groups in total. The van der Waals surface area contributed by atoms with Gasteiger partial charge in [-0.25, -0.2) is 0 Å². The smallest absolute Gasteiger partial charge is 0.0554 e. The Balaban J connectivity index is 4.55. The Morgan fingerprint density at radius 1 is 1.45 bits per heavy atom. The van der Waals surface area contributed by atoms with Gasteiger partial charge in [0.1, 0.15) is 0 Å². The van der Waals surface area contributed by atoms with Crippen molar-refractivity contribution in [2.24, 2.45) is 11.7 Å². The van der Waals surface area contributed by atoms with E-state index in [-0.39, 0.29) is 0 Å². The van der Waals surface area contributed by atoms with Gasteiger partial charge in [0, 0.05) is 12.7 Å². The van der Waals surface area contributed by atoms with Crippen LogP contribution >= 0.6 is 0 Å². The van der Waals surface area contributed by atoms with Crippen molar-refractivity contribution in [3.8, 4) is 0 Å². The summed E-state index contributed by atoms with van der Waals surface area (Å²) in [7, 11) is 1.86. The summed E-state index contributed by atoms with van der Waals surface area (Å²) < 4.78 is 0. The van der Waals surface area contributed by atoms with E-state index in [9.17, 15) is 0 Å². The quantitative estimate of drug-likeness (QED) is 0.606. The fourth-order valence-electron chi connectivity index (χ4n) is 0.900. The molecule has 0 saturated heterocycles. The topological polar surface area (TPSA) is 38.0 Å². The van der Waals surface area contributed by atoms with Crippen molar-refractivity contribution >= 4 is 0 Å². The molecule has 0 aliphatic rings. The van der Waals surface area contributed by atoms with Crippen molar-refractivity contribution in [3.05, 3.63) is 23.5 Å². The summed E-state index contributed by atoms with van der Waals surface area (Å²) in [5.74, 6) is 0.441. The third-order valence-corrected chi connectivity index (χ3v) is 1.66. The molecule has 0 aliphatic heterocycles. The molecule has 0 aromatic carbocycles. The highest BCUT2D eigenvalue weighted by atomic mass is 14.9. The van der Waals surface area contributed by atoms with E-state index in [1.54, 1.807) is 0 Å². The maximum absolute atomic E-state index is 5.64. The maximum Gasteiger partial charge on any atom is 0.0554 e. The molecular formula is C9H18N2. The van der Waals surface area contributed by atoms with Crippen LogP contribution in [0.15, 0.2) is 23.5 Å². The number of hydrogen-bond acceptors (Lipinski definition) is 2. The number of likely N-dealkylation sites (N-methyl/N-ethyl adjacent to an activating group) is 1. The molecule has 0 bridgehead atoms. The summed E-state index contributed by atoms with van der Waals surface area (Å²) in [5, 5.41) is 3.04. The third-order valence-electron chi connectivity index (χ3n) is 1.66. The van der Waals surface area contributed by atoms with Crippen LogP contribution in [-0.4, -0.2) is 7.05 Å². The van der Waals surface area contributed by atoms with Gasteiger partial charge in [0.05, 0.1) is 5.70 Å². The number of nitrogens with one attached hydrogen (secondary N) is 1. The van der Waals surface area contributed by atoms with Crippen LogP contribution in [0.1, 0.15) is 20.8 Å². The Morgan fingerprint density at radius 2 is 1.91 bits per heavy atom. The fraction of sp³-hybridized carbons (Fsp3) is 0.556. The van der Waals surface area contributed by atoms with Gasteiger partial charge in [-0.2, -0.15) is 0 Å². The first-order valence-corrected chi connectivity index (χ1v) is 3.84. The molecule has 0 saturated carbocycles. The minimum Gasteiger partial charge on any atom is -0.401 e. The van der Waals surface area contributed by atoms with E-state index in [0.717, 1.165) is 17.0 Å². The van der Waals surface area contributed by atoms with Crippen molar-refractivity contribution in [1.82, 2.24) is 5.32 Å². The van der Waals surface area contributed by atoms with Gasteiger partial charge in [0.2, 0.25) is 0 Å². The van der Waals surface area contributed by atoms with Gasteiger partial charge >= 0.3 is 0 Å². The Kier molecular flexibility index (Phi) is 3.72. The van der Waals surface area contributed by atoms with Crippen LogP contribution in [0, 0.1) is 5.92 Å². The van der Waals surface area contributed by atoms with E-state index in [0.29, 0.717) is 5.92 Å². The van der Waals surface area contributed by atoms with Crippen LogP contribution in [0.3, 0.4) is 0 Å². The van der Waals surface area contributed by atoms with Gasteiger partial charge in [-0.3, -0.25) is 0 Å². The minimum atomic E-state index is 0.441. The summed E-state index contributed by atoms with van der Waals surface area (Å²) in [6.07, 6.45) is 0. The average Bonchev–Trinajstić information content (AvgIpc) is 1.88. The van der Waals surface area contributed by atoms with Crippen LogP contribution in [0.5, 0.6) is 0 Å². The molecule has 2 heteroatoms. The summed E-state index contributed by atoms with van der Waals surface area (Å²) in [6.45, 7) is 10.0. The lowest BCUT2D eigenvalue weighted by Gasteiger charge is -2.14. The zero-order chi connectivity index (χ0) is 9.02. The first-order chi connectivity index (χ1) is 5.00. The van der Waals surface area contributed by atoms with Crippen LogP contribution in [-0.2, 0) is 0 Å². The van der Waals surface area contributed by atoms with Crippen molar-refractivity contribution in [2.75, 3.05) is 7.05 Å². The van der Waals surface area contributed by atoms with E-state index in [2.05, 4.69) is 25.7 Å². The predicted molar refractivity (Wildman–Crippen MR) is 49.9 cm³/mol. The SMILES string of the molecule is C=C(/C(NC)=C(\C)N)C(C)C. The number of nitrogens with two attached hydrogens (primary N) is 1. The normalized spacial score (nSPS) is 12.8. The summed E-state index contributed by atoms with van der Waals surface area (Å²) in [4.78, 5) is 0. The Bertz CT molecular complexity index is 174. The molecule has 0 fully saturated rings. The Morgan fingerprint density at radius 3 is 2.00 bits per heavy atom. The van der Waals surface area contributed by atoms with Gasteiger partial charge < -0.3 is 11.1 Å². The van der Waals surface area contributed by atoms with E-state index in [1.165, 1.54) is 0 Å². The molecular weight excluding hydrogens is 136 g/mol. The third kappa shape index (κ3) is 2.66. The Labute approximate surface area is 69.2 Å². The summed E-state index contributed by atoms with van der Waals surface area (Å²) in [6, 6.07) is 0. The average molecular weight is 154 g/mol. The van der Waals surface area contributed by atoms with Crippen LogP contribution in [0.25, 0.3) is 0 Å². The highest BCUT2D eigenvalue weighted by molar-refractivity contribution is 5.30. The second-order valence-electron chi connectivity index (χ2n) is 2.99. The summed E-state index contributed by atoms with van der Waals surface area (Å²) >= 11 is 0. The Hall–Kier alpha value is -0.920. The first kappa shape index (κ1) is 10.1. The van der Waals surface area contributed by atoms with Crippen molar-refractivity contribution in [1.29, 1.82) is 0 Å². The molecule has 0 aromatic rings. The van der Waals surface area contributed by atoms with Crippen molar-refractivity contribution in [2.45, 2.75) is 20.8 Å². The fourth-order valence-corrected chi connectivity index (χ4v) is 0.900. The molecule has 0 spiro atoms. The van der Waals surface area contributed by atoms with Crippen LogP contribution in [0.2, 0.25) is 0 Å². The predicted octanol–water partition coefficient (Wildman–Crippen LogP) is 1.61. The van der Waals surface area contributed by atoms with E-state index in [1.807, 2.05) is 14.0 Å². The lowest BCUT2D eigenvalue weighted by atomic mass is 10.0. The molecule has 0 heterocycles. The van der Waals surface area contributed by atoms with Crippen molar-refractivity contribution < 1.29 is 0 Å². The molecule has 0 atom stereocenters. The summed E-state index contributed by atoms with van der Waals surface area (Å²) in [5.41, 5.74) is 8.47. The van der Waals surface area contributed by atoms with Gasteiger partial charge in [0.15, 0.2) is 0 Å². The van der Waals surface area contributed by atoms with Crippen LogP contribution < -0.4 is 11.1 Å². The molecule has 2 nitrogen and oxygen atoms in total. The van der Waals surface area contributed by atoms with Gasteiger partial charge in [0.25, 0.3) is 0 Å². The molecule has 0 aliphatic carbocycles. The lowest BCUT2D eigenvalue weighted by molar-refractivity contribution is 0.751. The van der Waals surface area contributed by atoms with Gasteiger partial charge in [-0.1, -0.05) is 20.4 Å². The van der Waals surface area contributed by atoms with E-state index < -0.39 is 0 Å². The van der Waals surface area contributed by atoms with Gasteiger partial charge in [-0.05, 0) is 18.4 Å². The monoisotopic (exact) mass is 154 g/mol. The second-order valence-corrected chi connectivity index (χ2v) is 2.99. The lowest BCUT2D eigenvalue weighted by Crippen LogP contribution is -2.16. The number of hydrogen-bond donors (Lipinski definition) is 2. The zero-order valence-corrected chi connectivity index (χ0v) is 7.86. The molecule has 0 rings (SSSR count). The first-order valence-electron chi connectivity index (χ1n) is 3.84. The molecule has 0 aromatic heterocycles. The number of allylic oxidation sites excluding steroid dienone is 2. The molecule has 0 radical (unpaired) electrons.